The fourth-order valence-electron chi connectivity index (χ4n) is 2.98. The summed E-state index contributed by atoms with van der Waals surface area (Å²) in [5, 5.41) is 17.6. The van der Waals surface area contributed by atoms with E-state index in [1.54, 1.807) is 19.1 Å². The summed E-state index contributed by atoms with van der Waals surface area (Å²) in [6.07, 6.45) is 1.29. The van der Waals surface area contributed by atoms with Crippen molar-refractivity contribution in [3.05, 3.63) is 46.1 Å². The van der Waals surface area contributed by atoms with E-state index in [-0.39, 0.29) is 33.3 Å². The zero-order chi connectivity index (χ0) is 23.1. The molecule has 1 aliphatic heterocycles. The average Bonchev–Trinajstić information content (AvgIpc) is 3.27. The molecule has 13 heteroatoms. The molecule has 2 amide bonds. The van der Waals surface area contributed by atoms with Gasteiger partial charge in [-0.15, -0.1) is 10.2 Å². The molecule has 1 aliphatic rings. The number of amides is 2. The molecular formula is C19H19N5O7S. The Kier molecular flexibility index (Phi) is 7.54. The Morgan fingerprint density at radius 1 is 1.28 bits per heavy atom. The molecule has 0 spiro atoms. The number of esters is 1. The molecule has 2 heterocycles. The first-order valence-corrected chi connectivity index (χ1v) is 10.5. The maximum Gasteiger partial charge on any atom is 0.415 e. The molecule has 0 unspecified atom stereocenters. The molecule has 0 radical (unpaired) electrons. The summed E-state index contributed by atoms with van der Waals surface area (Å²) < 4.78 is 10.4. The largest absolute Gasteiger partial charge is 0.466 e. The van der Waals surface area contributed by atoms with Gasteiger partial charge in [-0.05, 0) is 43.2 Å². The third-order valence-corrected chi connectivity index (χ3v) is 5.41. The van der Waals surface area contributed by atoms with Crippen LogP contribution >= 0.6 is 11.3 Å². The van der Waals surface area contributed by atoms with Crippen molar-refractivity contribution in [2.45, 2.75) is 19.8 Å². The first kappa shape index (κ1) is 22.9. The normalized spacial score (nSPS) is 14.3. The van der Waals surface area contributed by atoms with Crippen LogP contribution in [-0.4, -0.2) is 52.5 Å². The highest BCUT2D eigenvalue weighted by Gasteiger charge is 2.29. The Balaban J connectivity index is 1.63. The second kappa shape index (κ2) is 10.5. The molecule has 0 saturated carbocycles. The van der Waals surface area contributed by atoms with E-state index < -0.39 is 16.9 Å². The van der Waals surface area contributed by atoms with Gasteiger partial charge in [0.15, 0.2) is 0 Å². The summed E-state index contributed by atoms with van der Waals surface area (Å²) in [5.74, 6) is -1.33. The SMILES string of the molecule is CCOC(=O)C1CCN(C(=O)Oc2ccccc2C(=O)N=Nc2ncc([N+](=O)[O-])s2)CC1. The summed E-state index contributed by atoms with van der Waals surface area (Å²) in [6.45, 7) is 2.69. The van der Waals surface area contributed by atoms with Gasteiger partial charge < -0.3 is 14.4 Å². The van der Waals surface area contributed by atoms with E-state index in [9.17, 15) is 24.5 Å². The number of azo groups is 1. The minimum absolute atomic E-state index is 0.000847. The smallest absolute Gasteiger partial charge is 0.415 e. The van der Waals surface area contributed by atoms with Crippen molar-refractivity contribution in [2.75, 3.05) is 19.7 Å². The van der Waals surface area contributed by atoms with E-state index in [0.717, 1.165) is 6.20 Å². The van der Waals surface area contributed by atoms with Gasteiger partial charge in [-0.2, -0.15) is 0 Å². The van der Waals surface area contributed by atoms with Crippen molar-refractivity contribution in [1.29, 1.82) is 0 Å². The molecule has 0 bridgehead atoms. The van der Waals surface area contributed by atoms with Gasteiger partial charge in [0.05, 0.1) is 23.0 Å². The number of rotatable bonds is 6. The fraction of sp³-hybridized carbons (Fsp3) is 0.368. The van der Waals surface area contributed by atoms with Gasteiger partial charge in [0.2, 0.25) is 5.13 Å². The Hall–Kier alpha value is -3.74. The van der Waals surface area contributed by atoms with Gasteiger partial charge in [-0.25, -0.2) is 9.78 Å². The highest BCUT2D eigenvalue weighted by Crippen LogP contribution is 2.28. The van der Waals surface area contributed by atoms with Crippen molar-refractivity contribution in [1.82, 2.24) is 9.88 Å². The lowest BCUT2D eigenvalue weighted by Gasteiger charge is -2.30. The van der Waals surface area contributed by atoms with Crippen LogP contribution in [0.25, 0.3) is 0 Å². The maximum absolute atomic E-state index is 12.5. The van der Waals surface area contributed by atoms with Crippen LogP contribution in [0.3, 0.4) is 0 Å². The molecule has 168 valence electrons. The van der Waals surface area contributed by atoms with Gasteiger partial charge in [0.25, 0.3) is 5.91 Å². The van der Waals surface area contributed by atoms with E-state index in [4.69, 9.17) is 9.47 Å². The summed E-state index contributed by atoms with van der Waals surface area (Å²) in [4.78, 5) is 52.0. The number of ether oxygens (including phenoxy) is 2. The van der Waals surface area contributed by atoms with E-state index >= 15 is 0 Å². The Bertz CT molecular complexity index is 1050. The molecule has 3 rings (SSSR count). The Labute approximate surface area is 186 Å². The second-order valence-electron chi connectivity index (χ2n) is 6.62. The predicted molar refractivity (Wildman–Crippen MR) is 111 cm³/mol. The molecule has 1 fully saturated rings. The van der Waals surface area contributed by atoms with Gasteiger partial charge >= 0.3 is 17.1 Å². The lowest BCUT2D eigenvalue weighted by molar-refractivity contribution is -0.380. The minimum atomic E-state index is -0.799. The number of nitrogens with zero attached hydrogens (tertiary/aromatic N) is 5. The third kappa shape index (κ3) is 5.69. The molecule has 1 aromatic carbocycles. The number of hydrogen-bond donors (Lipinski definition) is 0. The van der Waals surface area contributed by atoms with Crippen LogP contribution in [0.1, 0.15) is 30.1 Å². The summed E-state index contributed by atoms with van der Waals surface area (Å²) in [5.41, 5.74) is -0.00272. The molecular weight excluding hydrogens is 442 g/mol. The van der Waals surface area contributed by atoms with Gasteiger partial charge in [-0.3, -0.25) is 19.7 Å². The van der Waals surface area contributed by atoms with Crippen LogP contribution in [0, 0.1) is 16.0 Å². The molecule has 2 aromatic rings. The predicted octanol–water partition coefficient (Wildman–Crippen LogP) is 3.75. The van der Waals surface area contributed by atoms with Crippen LogP contribution in [0.5, 0.6) is 5.75 Å². The zero-order valence-electron chi connectivity index (χ0n) is 17.0. The number of para-hydroxylation sites is 1. The van der Waals surface area contributed by atoms with Crippen LogP contribution in [-0.2, 0) is 9.53 Å². The van der Waals surface area contributed by atoms with Crippen LogP contribution in [0.15, 0.2) is 40.7 Å². The van der Waals surface area contributed by atoms with E-state index in [1.807, 2.05) is 0 Å². The number of likely N-dealkylation sites (tertiary alicyclic amines) is 1. The topological polar surface area (TPSA) is 154 Å². The van der Waals surface area contributed by atoms with Crippen molar-refractivity contribution in [2.24, 2.45) is 16.1 Å². The summed E-state index contributed by atoms with van der Waals surface area (Å²) in [6, 6.07) is 6.02. The molecule has 1 saturated heterocycles. The lowest BCUT2D eigenvalue weighted by Crippen LogP contribution is -2.42. The summed E-state index contributed by atoms with van der Waals surface area (Å²) >= 11 is 0.669. The van der Waals surface area contributed by atoms with Crippen molar-refractivity contribution < 1.29 is 28.8 Å². The molecule has 1 aromatic heterocycles. The number of carbonyl (C=O) groups excluding carboxylic acids is 3. The second-order valence-corrected chi connectivity index (χ2v) is 7.61. The van der Waals surface area contributed by atoms with Gasteiger partial charge in [-0.1, -0.05) is 12.1 Å². The number of thiazole rings is 1. The average molecular weight is 461 g/mol. The molecule has 0 aliphatic carbocycles. The van der Waals surface area contributed by atoms with Crippen molar-refractivity contribution >= 4 is 39.4 Å². The quantitative estimate of drug-likeness (QED) is 0.273. The van der Waals surface area contributed by atoms with Crippen LogP contribution in [0.2, 0.25) is 0 Å². The molecule has 0 N–H and O–H groups in total. The highest BCUT2D eigenvalue weighted by molar-refractivity contribution is 7.18. The molecule has 0 atom stereocenters. The third-order valence-electron chi connectivity index (χ3n) is 4.58. The van der Waals surface area contributed by atoms with E-state index in [2.05, 4.69) is 15.2 Å². The zero-order valence-corrected chi connectivity index (χ0v) is 17.8. The van der Waals surface area contributed by atoms with Crippen LogP contribution in [0.4, 0.5) is 14.9 Å². The number of piperidine rings is 1. The number of nitro groups is 1. The van der Waals surface area contributed by atoms with Gasteiger partial charge in [0.1, 0.15) is 11.9 Å². The highest BCUT2D eigenvalue weighted by atomic mass is 32.1. The number of hydrogen-bond acceptors (Lipinski definition) is 10. The monoisotopic (exact) mass is 461 g/mol. The standard InChI is InChI=1S/C19H19N5O7S/c1-2-30-17(26)12-7-9-23(10-8-12)19(27)31-14-6-4-3-5-13(14)16(25)21-22-18-20-11-15(32-18)24(28)29/h3-6,11-12H,2,7-10H2,1H3. The minimum Gasteiger partial charge on any atom is -0.466 e. The lowest BCUT2D eigenvalue weighted by atomic mass is 9.97. The maximum atomic E-state index is 12.5. The van der Waals surface area contributed by atoms with E-state index in [0.29, 0.717) is 43.9 Å². The molecule has 12 nitrogen and oxygen atoms in total. The first-order valence-electron chi connectivity index (χ1n) is 9.67. The van der Waals surface area contributed by atoms with Crippen molar-refractivity contribution in [3.8, 4) is 5.75 Å². The number of benzene rings is 1. The fourth-order valence-corrected chi connectivity index (χ4v) is 3.53. The van der Waals surface area contributed by atoms with Crippen LogP contribution < -0.4 is 4.74 Å². The Morgan fingerprint density at radius 3 is 2.66 bits per heavy atom. The number of aromatic nitrogens is 1. The first-order chi connectivity index (χ1) is 15.4. The summed E-state index contributed by atoms with van der Waals surface area (Å²) in [7, 11) is 0. The molecule has 32 heavy (non-hydrogen) atoms. The Morgan fingerprint density at radius 2 is 2.00 bits per heavy atom. The van der Waals surface area contributed by atoms with Gasteiger partial charge in [0, 0.05) is 13.1 Å². The van der Waals surface area contributed by atoms with Crippen molar-refractivity contribution in [3.63, 3.8) is 0 Å². The van der Waals surface area contributed by atoms with E-state index in [1.165, 1.54) is 17.0 Å². The number of carbonyl (C=O) groups is 3.